The number of fused-ring (bicyclic) bond motifs is 2. The minimum absolute atomic E-state index is 0.0524. The van der Waals surface area contributed by atoms with Gasteiger partial charge in [0, 0.05) is 73.1 Å². The molecule has 0 radical (unpaired) electrons. The van der Waals surface area contributed by atoms with E-state index in [1.807, 2.05) is 36.4 Å². The minimum atomic E-state index is -0.322. The van der Waals surface area contributed by atoms with Gasteiger partial charge in [-0.25, -0.2) is 19.4 Å². The van der Waals surface area contributed by atoms with Crippen molar-refractivity contribution in [3.8, 4) is 28.3 Å². The number of pyridine rings is 2. The summed E-state index contributed by atoms with van der Waals surface area (Å²) in [5.74, 6) is 0.945. The van der Waals surface area contributed by atoms with Crippen LogP contribution in [-0.2, 0) is 13.5 Å². The summed E-state index contributed by atoms with van der Waals surface area (Å²) in [4.78, 5) is 39.1. The van der Waals surface area contributed by atoms with Crippen LogP contribution in [0.25, 0.3) is 33.2 Å². The largest absolute Gasteiger partial charge is 0.481 e. The second-order valence-corrected chi connectivity index (χ2v) is 14.1. The molecule has 3 N–H and O–H groups in total. The van der Waals surface area contributed by atoms with Crippen molar-refractivity contribution in [1.82, 2.24) is 34.9 Å². The van der Waals surface area contributed by atoms with Crippen molar-refractivity contribution < 1.29 is 14.6 Å². The Morgan fingerprint density at radius 2 is 1.86 bits per heavy atom. The van der Waals surface area contributed by atoms with Gasteiger partial charge in [-0.15, -0.1) is 0 Å². The second kappa shape index (κ2) is 13.1. The Morgan fingerprint density at radius 1 is 1.08 bits per heavy atom. The highest BCUT2D eigenvalue weighted by molar-refractivity contribution is 6.39. The number of carbonyl (C=O) groups excluding carboxylic acids is 1. The van der Waals surface area contributed by atoms with Crippen LogP contribution in [0.5, 0.6) is 5.88 Å². The summed E-state index contributed by atoms with van der Waals surface area (Å²) in [6, 6.07) is 15.2. The number of aliphatic hydroxyl groups is 1. The predicted molar refractivity (Wildman–Crippen MR) is 197 cm³/mol. The van der Waals surface area contributed by atoms with E-state index in [4.69, 9.17) is 32.9 Å². The lowest BCUT2D eigenvalue weighted by molar-refractivity contribution is 0.193. The molecule has 3 aliphatic rings. The van der Waals surface area contributed by atoms with Crippen molar-refractivity contribution in [2.45, 2.75) is 30.8 Å². The lowest BCUT2D eigenvalue weighted by Gasteiger charge is -2.28. The molecule has 5 aromatic rings. The number of methoxy groups -OCH3 is 1. The first-order valence-corrected chi connectivity index (χ1v) is 17.6. The number of hydrogen-bond acceptors (Lipinski definition) is 9. The van der Waals surface area contributed by atoms with Crippen molar-refractivity contribution in [2.24, 2.45) is 7.05 Å². The lowest BCUT2D eigenvalue weighted by Crippen LogP contribution is -2.46. The Balaban J connectivity index is 1.09. The third kappa shape index (κ3) is 5.76. The lowest BCUT2D eigenvalue weighted by atomic mass is 9.99. The van der Waals surface area contributed by atoms with Gasteiger partial charge in [0.25, 0.3) is 5.56 Å². The van der Waals surface area contributed by atoms with Crippen LogP contribution < -0.4 is 20.9 Å². The minimum Gasteiger partial charge on any atom is -0.481 e. The average molecular weight is 728 g/mol. The van der Waals surface area contributed by atoms with Crippen molar-refractivity contribution >= 4 is 51.5 Å². The first-order chi connectivity index (χ1) is 24.7. The number of halogens is 2. The molecule has 2 aliphatic heterocycles. The molecule has 8 rings (SSSR count). The molecule has 0 saturated carbocycles. The molecule has 2 fully saturated rings. The molecule has 262 valence electrons. The van der Waals surface area contributed by atoms with Crippen LogP contribution in [-0.4, -0.2) is 86.1 Å². The fraction of sp³-hybridized carbons (Fsp3) is 0.324. The molecule has 2 saturated heterocycles. The Hall–Kier alpha value is -4.75. The van der Waals surface area contributed by atoms with E-state index >= 15 is 0 Å². The van der Waals surface area contributed by atoms with Gasteiger partial charge >= 0.3 is 6.03 Å². The van der Waals surface area contributed by atoms with Gasteiger partial charge in [-0.05, 0) is 43.0 Å². The summed E-state index contributed by atoms with van der Waals surface area (Å²) in [6.07, 6.45) is 5.86. The number of amides is 2. The maximum atomic E-state index is 13.0. The standard InChI is InChI=1S/C37H36Cl2N8O4/c1-45-35(49)30-22(18-41-45)11-13-40-33(30)42-26-8-4-6-24(32(26)39)23-5-3-7-25(31(23)38)27-17-21-9-10-28(29(21)34(43-27)51-2)46-14-12-37(19-46)20-47(15-16-48)36(50)44-37/h3-8,11,13,17-18,28,48H,9-10,12,14-16,19-20H2,1-2H3,(H,40,42)(H,44,50). The number of carbonyl (C=O) groups is 1. The van der Waals surface area contributed by atoms with Gasteiger partial charge in [0.2, 0.25) is 5.88 Å². The molecule has 2 aromatic carbocycles. The van der Waals surface area contributed by atoms with Crippen LogP contribution in [0, 0.1) is 0 Å². The van der Waals surface area contributed by atoms with Crippen LogP contribution in [0.2, 0.25) is 10.0 Å². The number of benzene rings is 2. The van der Waals surface area contributed by atoms with E-state index in [0.717, 1.165) is 54.6 Å². The molecule has 2 unspecified atom stereocenters. The molecule has 2 amide bonds. The molecular formula is C37H36Cl2N8O4. The summed E-state index contributed by atoms with van der Waals surface area (Å²) in [6.45, 7) is 2.44. The smallest absolute Gasteiger partial charge is 0.318 e. The number of ether oxygens (including phenoxy) is 1. The number of nitrogens with zero attached hydrogens (tertiary/aromatic N) is 6. The molecular weight excluding hydrogens is 691 g/mol. The van der Waals surface area contributed by atoms with Crippen molar-refractivity contribution in [3.63, 3.8) is 0 Å². The Kier molecular flexibility index (Phi) is 8.58. The summed E-state index contributed by atoms with van der Waals surface area (Å²) in [5.41, 5.74) is 5.10. The summed E-state index contributed by atoms with van der Waals surface area (Å²) >= 11 is 14.2. The quantitative estimate of drug-likeness (QED) is 0.188. The monoisotopic (exact) mass is 726 g/mol. The topological polar surface area (TPSA) is 138 Å². The molecule has 2 atom stereocenters. The maximum absolute atomic E-state index is 13.0. The predicted octanol–water partition coefficient (Wildman–Crippen LogP) is 5.57. The number of hydrogen-bond donors (Lipinski definition) is 3. The van der Waals surface area contributed by atoms with Crippen LogP contribution in [0.3, 0.4) is 0 Å². The normalized spacial score (nSPS) is 20.0. The number of aromatic nitrogens is 4. The van der Waals surface area contributed by atoms with Gasteiger partial charge in [0.15, 0.2) is 0 Å². The number of urea groups is 1. The molecule has 5 heterocycles. The maximum Gasteiger partial charge on any atom is 0.318 e. The number of nitrogens with one attached hydrogen (secondary N) is 2. The number of anilines is 2. The average Bonchev–Trinajstić information content (AvgIpc) is 3.83. The molecule has 12 nitrogen and oxygen atoms in total. The third-order valence-corrected chi connectivity index (χ3v) is 11.2. The van der Waals surface area contributed by atoms with Crippen molar-refractivity contribution in [3.05, 3.63) is 92.5 Å². The molecule has 14 heteroatoms. The number of aryl methyl sites for hydroxylation is 2. The van der Waals surface area contributed by atoms with Gasteiger partial charge in [-0.1, -0.05) is 53.5 Å². The van der Waals surface area contributed by atoms with Gasteiger partial charge in [-0.2, -0.15) is 5.10 Å². The van der Waals surface area contributed by atoms with Crippen molar-refractivity contribution in [2.75, 3.05) is 45.2 Å². The fourth-order valence-corrected chi connectivity index (χ4v) is 8.49. The number of likely N-dealkylation sites (tertiary alicyclic amines) is 1. The summed E-state index contributed by atoms with van der Waals surface area (Å²) in [5, 5.41) is 22.0. The van der Waals surface area contributed by atoms with E-state index in [9.17, 15) is 14.7 Å². The summed E-state index contributed by atoms with van der Waals surface area (Å²) in [7, 11) is 3.24. The van der Waals surface area contributed by atoms with E-state index in [1.54, 1.807) is 37.5 Å². The van der Waals surface area contributed by atoms with Gasteiger partial charge in [-0.3, -0.25) is 9.69 Å². The van der Waals surface area contributed by atoms with Crippen molar-refractivity contribution in [1.29, 1.82) is 0 Å². The first-order valence-electron chi connectivity index (χ1n) is 16.9. The zero-order valence-corrected chi connectivity index (χ0v) is 29.6. The number of aliphatic hydroxyl groups excluding tert-OH is 1. The Bertz CT molecular complexity index is 2260. The van der Waals surface area contributed by atoms with Crippen LogP contribution in [0.4, 0.5) is 16.3 Å². The van der Waals surface area contributed by atoms with Crippen LogP contribution in [0.1, 0.15) is 30.0 Å². The van der Waals surface area contributed by atoms with E-state index in [2.05, 4.69) is 31.7 Å². The van der Waals surface area contributed by atoms with E-state index in [0.29, 0.717) is 62.5 Å². The Labute approximate surface area is 304 Å². The number of β-amino-alcohol motifs (C(OH)–C–C–N with tert-alkyl or cyclic N) is 1. The highest BCUT2D eigenvalue weighted by Crippen LogP contribution is 2.47. The number of rotatable bonds is 8. The molecule has 51 heavy (non-hydrogen) atoms. The first kappa shape index (κ1) is 33.4. The molecule has 1 spiro atoms. The second-order valence-electron chi connectivity index (χ2n) is 13.4. The van der Waals surface area contributed by atoms with Gasteiger partial charge in [0.05, 0.1) is 52.3 Å². The Morgan fingerprint density at radius 3 is 2.67 bits per heavy atom. The SMILES string of the molecule is COc1nc(-c2cccc(-c3cccc(Nc4nccc5cnn(C)c(=O)c45)c3Cl)c2Cl)cc2c1C(N1CCC3(CN(CCO)C(=O)N3)C1)CC2. The molecule has 1 aliphatic carbocycles. The fourth-order valence-electron chi connectivity index (χ4n) is 7.89. The zero-order valence-electron chi connectivity index (χ0n) is 28.1. The van der Waals surface area contributed by atoms with Gasteiger partial charge < -0.3 is 25.4 Å². The molecule has 0 bridgehead atoms. The van der Waals surface area contributed by atoms with Gasteiger partial charge in [0.1, 0.15) is 5.82 Å². The van der Waals surface area contributed by atoms with E-state index in [-0.39, 0.29) is 29.8 Å². The highest BCUT2D eigenvalue weighted by atomic mass is 35.5. The molecule has 3 aromatic heterocycles. The van der Waals surface area contributed by atoms with E-state index in [1.165, 1.54) is 4.68 Å². The van der Waals surface area contributed by atoms with E-state index < -0.39 is 0 Å². The summed E-state index contributed by atoms with van der Waals surface area (Å²) < 4.78 is 7.21. The van der Waals surface area contributed by atoms with Crippen LogP contribution >= 0.6 is 23.2 Å². The third-order valence-electron chi connectivity index (χ3n) is 10.3. The zero-order chi connectivity index (χ0) is 35.4. The highest BCUT2D eigenvalue weighted by Gasteiger charge is 2.49. The van der Waals surface area contributed by atoms with Crippen LogP contribution in [0.15, 0.2) is 65.7 Å².